The van der Waals surface area contributed by atoms with E-state index < -0.39 is 11.9 Å². The third-order valence-electron chi connectivity index (χ3n) is 3.38. The Labute approximate surface area is 149 Å². The highest BCUT2D eigenvalue weighted by molar-refractivity contribution is 14.0. The van der Waals surface area contributed by atoms with E-state index in [2.05, 4.69) is 34.5 Å². The molecule has 1 aliphatic rings. The molecule has 0 aromatic carbocycles. The van der Waals surface area contributed by atoms with Crippen molar-refractivity contribution >= 4 is 41.3 Å². The molecule has 0 amide bonds. The molecule has 22 heavy (non-hydrogen) atoms. The lowest BCUT2D eigenvalue weighted by Crippen LogP contribution is -2.39. The number of aliphatic imine (C=N–C) groups is 1. The number of halogens is 4. The maximum absolute atomic E-state index is 12.5. The molecule has 0 bridgehead atoms. The first-order valence-electron chi connectivity index (χ1n) is 6.79. The van der Waals surface area contributed by atoms with Crippen LogP contribution in [0.5, 0.6) is 0 Å². The van der Waals surface area contributed by atoms with Crippen molar-refractivity contribution in [1.29, 1.82) is 0 Å². The largest absolute Gasteiger partial charge is 0.434 e. The molecular formula is C13H20F3IN4S. The summed E-state index contributed by atoms with van der Waals surface area (Å²) in [6.45, 7) is 7.10. The van der Waals surface area contributed by atoms with Crippen molar-refractivity contribution in [3.05, 3.63) is 16.1 Å². The second-order valence-electron chi connectivity index (χ2n) is 5.71. The standard InChI is InChI=1S/C13H19F3N4S.HI/c1-4-17-11(20-8-5-12(8,2)3)18-6-10-19-9(7-21-10)13(14,15)16;/h7-8H,4-6H2,1-3H3,(H2,17,18,20);1H. The molecule has 4 nitrogen and oxygen atoms in total. The molecule has 0 spiro atoms. The number of nitrogens with one attached hydrogen (secondary N) is 2. The predicted molar refractivity (Wildman–Crippen MR) is 92.7 cm³/mol. The van der Waals surface area contributed by atoms with E-state index in [4.69, 9.17) is 0 Å². The number of nitrogens with zero attached hydrogens (tertiary/aromatic N) is 2. The van der Waals surface area contributed by atoms with Crippen LogP contribution in [-0.4, -0.2) is 23.5 Å². The van der Waals surface area contributed by atoms with Crippen molar-refractivity contribution in [2.45, 2.75) is 46.0 Å². The lowest BCUT2D eigenvalue weighted by Gasteiger charge is -2.12. The number of rotatable bonds is 4. The Morgan fingerprint density at radius 1 is 1.50 bits per heavy atom. The summed E-state index contributed by atoms with van der Waals surface area (Å²) in [5.41, 5.74) is -0.597. The number of hydrogen-bond acceptors (Lipinski definition) is 3. The van der Waals surface area contributed by atoms with E-state index in [-0.39, 0.29) is 35.9 Å². The molecule has 2 rings (SSSR count). The maximum Gasteiger partial charge on any atom is 0.434 e. The minimum atomic E-state index is -4.39. The van der Waals surface area contributed by atoms with Gasteiger partial charge in [0.2, 0.25) is 0 Å². The van der Waals surface area contributed by atoms with E-state index in [9.17, 15) is 13.2 Å². The number of hydrogen-bond donors (Lipinski definition) is 2. The molecule has 126 valence electrons. The summed E-state index contributed by atoms with van der Waals surface area (Å²) in [6.07, 6.45) is -3.33. The van der Waals surface area contributed by atoms with Crippen LogP contribution in [0.15, 0.2) is 10.4 Å². The quantitative estimate of drug-likeness (QED) is 0.420. The fourth-order valence-corrected chi connectivity index (χ4v) is 2.58. The maximum atomic E-state index is 12.5. The third kappa shape index (κ3) is 5.25. The van der Waals surface area contributed by atoms with Gasteiger partial charge in [-0.25, -0.2) is 9.98 Å². The average Bonchev–Trinajstić information content (AvgIpc) is 2.78. The van der Waals surface area contributed by atoms with Crippen LogP contribution in [0.3, 0.4) is 0 Å². The summed E-state index contributed by atoms with van der Waals surface area (Å²) in [7, 11) is 0. The summed E-state index contributed by atoms with van der Waals surface area (Å²) in [4.78, 5) is 7.87. The molecule has 1 aliphatic carbocycles. The van der Waals surface area contributed by atoms with Gasteiger partial charge in [-0.3, -0.25) is 0 Å². The van der Waals surface area contributed by atoms with Gasteiger partial charge in [-0.2, -0.15) is 13.2 Å². The van der Waals surface area contributed by atoms with Crippen LogP contribution in [0, 0.1) is 5.41 Å². The summed E-state index contributed by atoms with van der Waals surface area (Å²) in [5, 5.41) is 7.75. The topological polar surface area (TPSA) is 49.3 Å². The minimum absolute atomic E-state index is 0. The molecule has 2 N–H and O–H groups in total. The van der Waals surface area contributed by atoms with Gasteiger partial charge in [0.25, 0.3) is 0 Å². The Kier molecular flexibility index (Phi) is 6.48. The highest BCUT2D eigenvalue weighted by atomic mass is 127. The van der Waals surface area contributed by atoms with E-state index in [0.29, 0.717) is 23.6 Å². The number of thiazole rings is 1. The zero-order valence-corrected chi connectivity index (χ0v) is 15.8. The Balaban J connectivity index is 0.00000242. The van der Waals surface area contributed by atoms with Crippen molar-refractivity contribution in [3.63, 3.8) is 0 Å². The zero-order chi connectivity index (χ0) is 15.7. The molecule has 1 aromatic heterocycles. The van der Waals surface area contributed by atoms with Crippen LogP contribution in [-0.2, 0) is 12.7 Å². The molecule has 1 fully saturated rings. The summed E-state index contributed by atoms with van der Waals surface area (Å²) in [5.74, 6) is 0.622. The average molecular weight is 448 g/mol. The molecule has 1 atom stereocenters. The Morgan fingerprint density at radius 2 is 2.14 bits per heavy atom. The molecule has 0 aliphatic heterocycles. The van der Waals surface area contributed by atoms with E-state index >= 15 is 0 Å². The predicted octanol–water partition coefficient (Wildman–Crippen LogP) is 3.63. The van der Waals surface area contributed by atoms with Crippen LogP contribution < -0.4 is 10.6 Å². The number of aromatic nitrogens is 1. The van der Waals surface area contributed by atoms with Crippen molar-refractivity contribution in [2.24, 2.45) is 10.4 Å². The van der Waals surface area contributed by atoms with E-state index in [1.807, 2.05) is 6.92 Å². The molecule has 1 saturated carbocycles. The molecule has 1 unspecified atom stereocenters. The zero-order valence-electron chi connectivity index (χ0n) is 12.6. The summed E-state index contributed by atoms with van der Waals surface area (Å²) < 4.78 is 37.4. The molecule has 9 heteroatoms. The summed E-state index contributed by atoms with van der Waals surface area (Å²) in [6, 6.07) is 0.359. The van der Waals surface area contributed by atoms with Crippen LogP contribution in [0.1, 0.15) is 37.9 Å². The van der Waals surface area contributed by atoms with Gasteiger partial charge in [0.1, 0.15) is 5.01 Å². The Morgan fingerprint density at radius 3 is 2.59 bits per heavy atom. The van der Waals surface area contributed by atoms with Gasteiger partial charge in [-0.1, -0.05) is 13.8 Å². The van der Waals surface area contributed by atoms with Crippen LogP contribution >= 0.6 is 35.3 Å². The van der Waals surface area contributed by atoms with Crippen molar-refractivity contribution in [2.75, 3.05) is 6.54 Å². The lowest BCUT2D eigenvalue weighted by atomic mass is 10.2. The van der Waals surface area contributed by atoms with Gasteiger partial charge in [0, 0.05) is 18.0 Å². The smallest absolute Gasteiger partial charge is 0.357 e. The highest BCUT2D eigenvalue weighted by Gasteiger charge is 2.46. The van der Waals surface area contributed by atoms with Crippen molar-refractivity contribution in [1.82, 2.24) is 15.6 Å². The molecular weight excluding hydrogens is 428 g/mol. The Hall–Kier alpha value is -0.580. The van der Waals surface area contributed by atoms with Crippen molar-refractivity contribution < 1.29 is 13.2 Å². The van der Waals surface area contributed by atoms with Crippen LogP contribution in [0.25, 0.3) is 0 Å². The highest BCUT2D eigenvalue weighted by Crippen LogP contribution is 2.44. The van der Waals surface area contributed by atoms with Gasteiger partial charge >= 0.3 is 6.18 Å². The SMILES string of the molecule is CCNC(=NCc1nc(C(F)(F)F)cs1)NC1CC1(C)C.I. The third-order valence-corrected chi connectivity index (χ3v) is 4.22. The van der Waals surface area contributed by atoms with Gasteiger partial charge < -0.3 is 10.6 Å². The first-order chi connectivity index (χ1) is 9.72. The first kappa shape index (κ1) is 19.5. The number of guanidine groups is 1. The van der Waals surface area contributed by atoms with Crippen LogP contribution in [0.4, 0.5) is 13.2 Å². The van der Waals surface area contributed by atoms with Crippen LogP contribution in [0.2, 0.25) is 0 Å². The van der Waals surface area contributed by atoms with Gasteiger partial charge in [-0.15, -0.1) is 35.3 Å². The van der Waals surface area contributed by atoms with Gasteiger partial charge in [0.15, 0.2) is 11.7 Å². The normalized spacial score (nSPS) is 20.3. The fourth-order valence-electron chi connectivity index (χ4n) is 1.86. The monoisotopic (exact) mass is 448 g/mol. The molecule has 1 heterocycles. The Bertz CT molecular complexity index is 528. The fraction of sp³-hybridized carbons (Fsp3) is 0.692. The first-order valence-corrected chi connectivity index (χ1v) is 7.67. The number of alkyl halides is 3. The summed E-state index contributed by atoms with van der Waals surface area (Å²) >= 11 is 0.977. The van der Waals surface area contributed by atoms with E-state index in [1.54, 1.807) is 0 Å². The lowest BCUT2D eigenvalue weighted by molar-refractivity contribution is -0.140. The molecule has 1 aromatic rings. The molecule has 0 saturated heterocycles. The van der Waals surface area contributed by atoms with Crippen molar-refractivity contribution in [3.8, 4) is 0 Å². The second-order valence-corrected chi connectivity index (χ2v) is 6.65. The van der Waals surface area contributed by atoms with Gasteiger partial charge in [0.05, 0.1) is 6.54 Å². The minimum Gasteiger partial charge on any atom is -0.357 e. The van der Waals surface area contributed by atoms with Gasteiger partial charge in [-0.05, 0) is 18.8 Å². The molecule has 0 radical (unpaired) electrons. The van der Waals surface area contributed by atoms with E-state index in [0.717, 1.165) is 23.1 Å². The second kappa shape index (κ2) is 7.33. The van der Waals surface area contributed by atoms with E-state index in [1.165, 1.54) is 0 Å².